The van der Waals surface area contributed by atoms with Gasteiger partial charge in [0, 0.05) is 10.6 Å². The lowest BCUT2D eigenvalue weighted by atomic mass is 10.2. The molecule has 0 saturated heterocycles. The number of nitrogen functional groups attached to an aromatic ring is 1. The first-order chi connectivity index (χ1) is 9.26. The van der Waals surface area contributed by atoms with E-state index in [0.717, 1.165) is 36.5 Å². The van der Waals surface area contributed by atoms with E-state index in [-0.39, 0.29) is 0 Å². The summed E-state index contributed by atoms with van der Waals surface area (Å²) in [6, 6.07) is 10.5. The van der Waals surface area contributed by atoms with E-state index in [1.54, 1.807) is 0 Å². The molecule has 1 aromatic heterocycles. The van der Waals surface area contributed by atoms with Crippen molar-refractivity contribution in [3.63, 3.8) is 0 Å². The monoisotopic (exact) mass is 275 g/mol. The highest BCUT2D eigenvalue weighted by Crippen LogP contribution is 2.21. The number of nitrogens with zero attached hydrogens (tertiary/aromatic N) is 2. The highest BCUT2D eigenvalue weighted by molar-refractivity contribution is 7.99. The Morgan fingerprint density at radius 1 is 1.16 bits per heavy atom. The molecule has 0 amide bonds. The van der Waals surface area contributed by atoms with Crippen LogP contribution in [0, 0.1) is 0 Å². The predicted octanol–water partition coefficient (Wildman–Crippen LogP) is 3.38. The van der Waals surface area contributed by atoms with Crippen LogP contribution in [0.4, 0.5) is 5.69 Å². The Labute approximate surface area is 119 Å². The van der Waals surface area contributed by atoms with Crippen molar-refractivity contribution in [2.24, 2.45) is 0 Å². The molecule has 0 fully saturated rings. The van der Waals surface area contributed by atoms with Crippen molar-refractivity contribution >= 4 is 17.4 Å². The van der Waals surface area contributed by atoms with Gasteiger partial charge >= 0.3 is 0 Å². The molecule has 0 atom stereocenters. The summed E-state index contributed by atoms with van der Waals surface area (Å²) in [4.78, 5) is 1.30. The molecule has 2 aromatic rings. The fraction of sp³-hybridized carbons (Fsp3) is 0.400. The number of aryl methyl sites for hydroxylation is 2. The Bertz CT molecular complexity index is 520. The number of anilines is 1. The van der Waals surface area contributed by atoms with Gasteiger partial charge in [-0.3, -0.25) is 4.68 Å². The van der Waals surface area contributed by atoms with E-state index < -0.39 is 0 Å². The molecule has 0 unspecified atom stereocenters. The summed E-state index contributed by atoms with van der Waals surface area (Å²) < 4.78 is 2.07. The fourth-order valence-corrected chi connectivity index (χ4v) is 3.00. The van der Waals surface area contributed by atoms with Gasteiger partial charge < -0.3 is 5.73 Å². The number of hydrogen-bond acceptors (Lipinski definition) is 3. The molecule has 4 heteroatoms. The van der Waals surface area contributed by atoms with Gasteiger partial charge in [-0.2, -0.15) is 5.10 Å². The predicted molar refractivity (Wildman–Crippen MR) is 82.6 cm³/mol. The van der Waals surface area contributed by atoms with Crippen molar-refractivity contribution in [1.29, 1.82) is 0 Å². The highest BCUT2D eigenvalue weighted by atomic mass is 32.2. The van der Waals surface area contributed by atoms with Crippen LogP contribution in [0.25, 0.3) is 0 Å². The summed E-state index contributed by atoms with van der Waals surface area (Å²) in [5.74, 6) is 1.02. The van der Waals surface area contributed by atoms with Crippen molar-refractivity contribution in [2.75, 3.05) is 11.5 Å². The van der Waals surface area contributed by atoms with Gasteiger partial charge in [-0.25, -0.2) is 0 Å². The van der Waals surface area contributed by atoms with Crippen LogP contribution in [0.5, 0.6) is 0 Å². The Kier molecular flexibility index (Phi) is 4.91. The molecule has 0 saturated carbocycles. The molecule has 102 valence electrons. The quantitative estimate of drug-likeness (QED) is 0.822. The first kappa shape index (κ1) is 14.0. The van der Waals surface area contributed by atoms with Gasteiger partial charge in [-0.15, -0.1) is 11.8 Å². The van der Waals surface area contributed by atoms with Gasteiger partial charge in [-0.1, -0.05) is 32.0 Å². The number of aromatic nitrogens is 2. The Hall–Kier alpha value is -1.42. The molecule has 19 heavy (non-hydrogen) atoms. The van der Waals surface area contributed by atoms with Crippen LogP contribution in [-0.4, -0.2) is 15.5 Å². The molecule has 2 rings (SSSR count). The van der Waals surface area contributed by atoms with Crippen LogP contribution in [0.3, 0.4) is 0 Å². The summed E-state index contributed by atoms with van der Waals surface area (Å²) in [6.07, 6.45) is 1.84. The van der Waals surface area contributed by atoms with Crippen molar-refractivity contribution < 1.29 is 0 Å². The molecule has 1 aromatic carbocycles. The maximum Gasteiger partial charge on any atom is 0.0854 e. The molecule has 2 N–H and O–H groups in total. The zero-order chi connectivity index (χ0) is 13.7. The summed E-state index contributed by atoms with van der Waals surface area (Å²) in [5, 5.41) is 4.61. The summed E-state index contributed by atoms with van der Waals surface area (Å²) in [7, 11) is 0. The minimum absolute atomic E-state index is 0.884. The van der Waals surface area contributed by atoms with Gasteiger partial charge in [0.15, 0.2) is 0 Å². The average molecular weight is 275 g/mol. The number of benzene rings is 1. The van der Waals surface area contributed by atoms with E-state index in [1.807, 2.05) is 17.8 Å². The standard InChI is InChI=1S/C15H21N3S/c1-3-13-15(16)14(4-2)18(17-13)10-11-19-12-8-6-5-7-9-12/h5-9H,3-4,10-11,16H2,1-2H3. The van der Waals surface area contributed by atoms with Crippen molar-refractivity contribution in [3.05, 3.63) is 41.7 Å². The lowest BCUT2D eigenvalue weighted by molar-refractivity contribution is 0.623. The first-order valence-electron chi connectivity index (χ1n) is 6.78. The van der Waals surface area contributed by atoms with Crippen LogP contribution >= 0.6 is 11.8 Å². The number of nitrogens with two attached hydrogens (primary N) is 1. The van der Waals surface area contributed by atoms with E-state index in [9.17, 15) is 0 Å². The first-order valence-corrected chi connectivity index (χ1v) is 7.76. The maximum atomic E-state index is 6.12. The lowest BCUT2D eigenvalue weighted by Crippen LogP contribution is -2.07. The van der Waals surface area contributed by atoms with E-state index in [0.29, 0.717) is 0 Å². The van der Waals surface area contributed by atoms with Crippen molar-refractivity contribution in [3.8, 4) is 0 Å². The normalized spacial score (nSPS) is 10.8. The number of thioether (sulfide) groups is 1. The van der Waals surface area contributed by atoms with E-state index in [4.69, 9.17) is 5.73 Å². The van der Waals surface area contributed by atoms with Gasteiger partial charge in [-0.05, 0) is 25.0 Å². The molecular formula is C15H21N3S. The molecule has 3 nitrogen and oxygen atoms in total. The minimum Gasteiger partial charge on any atom is -0.396 e. The maximum absolute atomic E-state index is 6.12. The average Bonchev–Trinajstić information content (AvgIpc) is 2.75. The number of rotatable bonds is 6. The largest absolute Gasteiger partial charge is 0.396 e. The van der Waals surface area contributed by atoms with Crippen LogP contribution < -0.4 is 5.73 Å². The fourth-order valence-electron chi connectivity index (χ4n) is 2.15. The smallest absolute Gasteiger partial charge is 0.0854 e. The SMILES string of the molecule is CCc1nn(CCSc2ccccc2)c(CC)c1N. The Morgan fingerprint density at radius 3 is 2.53 bits per heavy atom. The van der Waals surface area contributed by atoms with E-state index in [1.165, 1.54) is 10.6 Å². The molecular weight excluding hydrogens is 254 g/mol. The lowest BCUT2D eigenvalue weighted by Gasteiger charge is -2.06. The Balaban J connectivity index is 1.99. The molecule has 0 aliphatic heterocycles. The molecule has 1 heterocycles. The zero-order valence-corrected chi connectivity index (χ0v) is 12.4. The van der Waals surface area contributed by atoms with Crippen LogP contribution in [0.1, 0.15) is 25.2 Å². The van der Waals surface area contributed by atoms with Gasteiger partial charge in [0.25, 0.3) is 0 Å². The van der Waals surface area contributed by atoms with E-state index >= 15 is 0 Å². The van der Waals surface area contributed by atoms with Crippen LogP contribution in [-0.2, 0) is 19.4 Å². The zero-order valence-electron chi connectivity index (χ0n) is 11.6. The summed E-state index contributed by atoms with van der Waals surface area (Å²) in [6.45, 7) is 5.14. The topological polar surface area (TPSA) is 43.8 Å². The number of hydrogen-bond donors (Lipinski definition) is 1. The molecule has 0 aliphatic carbocycles. The van der Waals surface area contributed by atoms with Crippen molar-refractivity contribution in [1.82, 2.24) is 9.78 Å². The molecule has 0 aliphatic rings. The third-order valence-corrected chi connectivity index (χ3v) is 4.15. The van der Waals surface area contributed by atoms with Gasteiger partial charge in [0.2, 0.25) is 0 Å². The third kappa shape index (κ3) is 3.32. The van der Waals surface area contributed by atoms with E-state index in [2.05, 4.69) is 47.9 Å². The van der Waals surface area contributed by atoms with Gasteiger partial charge in [0.1, 0.15) is 0 Å². The Morgan fingerprint density at radius 2 is 1.89 bits per heavy atom. The third-order valence-electron chi connectivity index (χ3n) is 3.16. The highest BCUT2D eigenvalue weighted by Gasteiger charge is 2.11. The molecule has 0 spiro atoms. The second-order valence-corrected chi connectivity index (χ2v) is 5.57. The molecule has 0 radical (unpaired) electrons. The van der Waals surface area contributed by atoms with Crippen molar-refractivity contribution in [2.45, 2.75) is 38.1 Å². The molecule has 0 bridgehead atoms. The summed E-state index contributed by atoms with van der Waals surface area (Å²) in [5.41, 5.74) is 9.20. The summed E-state index contributed by atoms with van der Waals surface area (Å²) >= 11 is 1.86. The van der Waals surface area contributed by atoms with Crippen LogP contribution in [0.2, 0.25) is 0 Å². The minimum atomic E-state index is 0.884. The van der Waals surface area contributed by atoms with Gasteiger partial charge in [0.05, 0.1) is 23.6 Å². The second-order valence-electron chi connectivity index (χ2n) is 4.40. The van der Waals surface area contributed by atoms with Crippen LogP contribution in [0.15, 0.2) is 35.2 Å². The second kappa shape index (κ2) is 6.66.